The average Bonchev–Trinajstić information content (AvgIpc) is 2.49. The molecule has 7 nitrogen and oxygen atoms in total. The summed E-state index contributed by atoms with van der Waals surface area (Å²) in [6.07, 6.45) is -0.132. The zero-order chi connectivity index (χ0) is 14.5. The van der Waals surface area contributed by atoms with Crippen LogP contribution in [0.5, 0.6) is 0 Å². The van der Waals surface area contributed by atoms with Gasteiger partial charge in [-0.05, 0) is 20.2 Å². The van der Waals surface area contributed by atoms with E-state index in [0.717, 1.165) is 24.3 Å². The van der Waals surface area contributed by atoms with Gasteiger partial charge in [0.15, 0.2) is 0 Å². The summed E-state index contributed by atoms with van der Waals surface area (Å²) in [6, 6.07) is 5.00. The molecule has 0 radical (unpaired) electrons. The Labute approximate surface area is 118 Å². The number of rotatable bonds is 5. The predicted octanol–water partition coefficient (Wildman–Crippen LogP) is 0.869. The van der Waals surface area contributed by atoms with Crippen molar-refractivity contribution in [3.05, 3.63) is 33.9 Å². The molecule has 2 rings (SSSR count). The lowest BCUT2D eigenvalue weighted by molar-refractivity contribution is -0.384. The Kier molecular flexibility index (Phi) is 4.89. The fourth-order valence-corrected chi connectivity index (χ4v) is 2.43. The minimum absolute atomic E-state index is 0.104. The van der Waals surface area contributed by atoms with E-state index in [1.807, 2.05) is 20.2 Å². The van der Waals surface area contributed by atoms with E-state index in [-0.39, 0.29) is 16.8 Å². The SMILES string of the molecule is CNC(NC)c1cc([N+](=O)[O-])ccc1N1CCOCC1. The summed E-state index contributed by atoms with van der Waals surface area (Å²) in [7, 11) is 3.65. The van der Waals surface area contributed by atoms with Gasteiger partial charge in [-0.25, -0.2) is 0 Å². The van der Waals surface area contributed by atoms with Crippen molar-refractivity contribution in [1.82, 2.24) is 10.6 Å². The van der Waals surface area contributed by atoms with E-state index in [2.05, 4.69) is 15.5 Å². The summed E-state index contributed by atoms with van der Waals surface area (Å²) in [4.78, 5) is 12.8. The molecule has 1 aromatic rings. The van der Waals surface area contributed by atoms with E-state index in [1.165, 1.54) is 0 Å². The van der Waals surface area contributed by atoms with Crippen LogP contribution in [0.25, 0.3) is 0 Å². The molecule has 0 spiro atoms. The van der Waals surface area contributed by atoms with Crippen molar-refractivity contribution < 1.29 is 9.66 Å². The fraction of sp³-hybridized carbons (Fsp3) is 0.538. The van der Waals surface area contributed by atoms with Crippen LogP contribution in [0, 0.1) is 10.1 Å². The van der Waals surface area contributed by atoms with Gasteiger partial charge in [0, 0.05) is 36.5 Å². The third kappa shape index (κ3) is 3.06. The quantitative estimate of drug-likeness (QED) is 0.473. The normalized spacial score (nSPS) is 15.7. The van der Waals surface area contributed by atoms with Crippen molar-refractivity contribution in [2.24, 2.45) is 0 Å². The van der Waals surface area contributed by atoms with Crippen molar-refractivity contribution >= 4 is 11.4 Å². The van der Waals surface area contributed by atoms with Crippen LogP contribution in [0.2, 0.25) is 0 Å². The second kappa shape index (κ2) is 6.65. The van der Waals surface area contributed by atoms with Gasteiger partial charge in [0.1, 0.15) is 0 Å². The van der Waals surface area contributed by atoms with Crippen molar-refractivity contribution in [3.63, 3.8) is 0 Å². The Morgan fingerprint density at radius 2 is 1.95 bits per heavy atom. The molecule has 0 aliphatic carbocycles. The number of anilines is 1. The van der Waals surface area contributed by atoms with Crippen LogP contribution in [0.15, 0.2) is 18.2 Å². The lowest BCUT2D eigenvalue weighted by atomic mass is 10.1. The summed E-state index contributed by atoms with van der Waals surface area (Å²) >= 11 is 0. The highest BCUT2D eigenvalue weighted by Gasteiger charge is 2.21. The first-order valence-electron chi connectivity index (χ1n) is 6.63. The number of morpholine rings is 1. The van der Waals surface area contributed by atoms with Crippen molar-refractivity contribution in [1.29, 1.82) is 0 Å². The Morgan fingerprint density at radius 3 is 2.50 bits per heavy atom. The summed E-state index contributed by atoms with van der Waals surface area (Å²) < 4.78 is 5.36. The maximum Gasteiger partial charge on any atom is 0.269 e. The molecule has 20 heavy (non-hydrogen) atoms. The van der Waals surface area contributed by atoms with Crippen LogP contribution in [0.3, 0.4) is 0 Å². The van der Waals surface area contributed by atoms with Crippen LogP contribution in [0.4, 0.5) is 11.4 Å². The Balaban J connectivity index is 2.40. The number of hydrogen-bond donors (Lipinski definition) is 2. The van der Waals surface area contributed by atoms with Gasteiger partial charge in [0.05, 0.1) is 24.3 Å². The lowest BCUT2D eigenvalue weighted by Gasteiger charge is -2.32. The molecule has 0 amide bonds. The number of non-ortho nitro benzene ring substituents is 1. The van der Waals surface area contributed by atoms with Gasteiger partial charge < -0.3 is 20.3 Å². The number of ether oxygens (including phenoxy) is 1. The number of benzene rings is 1. The van der Waals surface area contributed by atoms with Crippen LogP contribution in [-0.4, -0.2) is 45.3 Å². The van der Waals surface area contributed by atoms with Gasteiger partial charge in [-0.3, -0.25) is 10.1 Å². The molecule has 1 saturated heterocycles. The van der Waals surface area contributed by atoms with Crippen LogP contribution in [-0.2, 0) is 4.74 Å². The van der Waals surface area contributed by atoms with E-state index in [1.54, 1.807) is 12.1 Å². The highest BCUT2D eigenvalue weighted by molar-refractivity contribution is 5.59. The molecule has 1 fully saturated rings. The zero-order valence-corrected chi connectivity index (χ0v) is 11.8. The Hall–Kier alpha value is -1.70. The molecule has 0 bridgehead atoms. The van der Waals surface area contributed by atoms with E-state index >= 15 is 0 Å². The van der Waals surface area contributed by atoms with Crippen LogP contribution < -0.4 is 15.5 Å². The first-order chi connectivity index (χ1) is 9.67. The highest BCUT2D eigenvalue weighted by Crippen LogP contribution is 2.29. The molecule has 0 atom stereocenters. The Morgan fingerprint density at radius 1 is 1.30 bits per heavy atom. The number of nitrogens with one attached hydrogen (secondary N) is 2. The average molecular weight is 280 g/mol. The molecule has 1 aromatic carbocycles. The third-order valence-electron chi connectivity index (χ3n) is 3.46. The minimum Gasteiger partial charge on any atom is -0.378 e. The van der Waals surface area contributed by atoms with Crippen molar-refractivity contribution in [3.8, 4) is 0 Å². The summed E-state index contributed by atoms with van der Waals surface area (Å²) in [5.41, 5.74) is 1.99. The highest BCUT2D eigenvalue weighted by atomic mass is 16.6. The second-order valence-electron chi connectivity index (χ2n) is 4.61. The Bertz CT molecular complexity index is 471. The molecule has 1 aliphatic rings. The molecular weight excluding hydrogens is 260 g/mol. The van der Waals surface area contributed by atoms with Gasteiger partial charge in [-0.1, -0.05) is 0 Å². The van der Waals surface area contributed by atoms with Crippen molar-refractivity contribution in [2.75, 3.05) is 45.3 Å². The second-order valence-corrected chi connectivity index (χ2v) is 4.61. The molecule has 2 N–H and O–H groups in total. The standard InChI is InChI=1S/C13H20N4O3/c1-14-13(15-2)11-9-10(17(18)19)3-4-12(11)16-5-7-20-8-6-16/h3-4,9,13-15H,5-8H2,1-2H3. The van der Waals surface area contributed by atoms with E-state index in [9.17, 15) is 10.1 Å². The number of nitrogens with zero attached hydrogens (tertiary/aromatic N) is 2. The molecule has 0 saturated carbocycles. The zero-order valence-electron chi connectivity index (χ0n) is 11.8. The van der Waals surface area contributed by atoms with E-state index < -0.39 is 0 Å². The molecule has 1 aliphatic heterocycles. The first-order valence-corrected chi connectivity index (χ1v) is 6.63. The first kappa shape index (κ1) is 14.7. The van der Waals surface area contributed by atoms with Gasteiger partial charge in [-0.15, -0.1) is 0 Å². The maximum atomic E-state index is 11.0. The van der Waals surface area contributed by atoms with Crippen LogP contribution >= 0.6 is 0 Å². The molecule has 1 heterocycles. The maximum absolute atomic E-state index is 11.0. The molecule has 7 heteroatoms. The third-order valence-corrected chi connectivity index (χ3v) is 3.46. The number of nitro benzene ring substituents is 1. The van der Waals surface area contributed by atoms with Crippen molar-refractivity contribution in [2.45, 2.75) is 6.17 Å². The summed E-state index contributed by atoms with van der Waals surface area (Å²) in [6.45, 7) is 2.95. The molecule has 0 unspecified atom stereocenters. The lowest BCUT2D eigenvalue weighted by Crippen LogP contribution is -2.38. The fourth-order valence-electron chi connectivity index (χ4n) is 2.43. The molecule has 0 aromatic heterocycles. The monoisotopic (exact) mass is 280 g/mol. The molecule has 110 valence electrons. The van der Waals surface area contributed by atoms with Gasteiger partial charge >= 0.3 is 0 Å². The summed E-state index contributed by atoms with van der Waals surface area (Å²) in [5.74, 6) is 0. The number of hydrogen-bond acceptors (Lipinski definition) is 6. The summed E-state index contributed by atoms with van der Waals surface area (Å²) in [5, 5.41) is 17.2. The largest absolute Gasteiger partial charge is 0.378 e. The minimum atomic E-state index is -0.366. The van der Waals surface area contributed by atoms with Gasteiger partial charge in [-0.2, -0.15) is 0 Å². The smallest absolute Gasteiger partial charge is 0.269 e. The van der Waals surface area contributed by atoms with Gasteiger partial charge in [0.2, 0.25) is 0 Å². The molecular formula is C13H20N4O3. The van der Waals surface area contributed by atoms with E-state index in [0.29, 0.717) is 13.2 Å². The predicted molar refractivity (Wildman–Crippen MR) is 77.0 cm³/mol. The topological polar surface area (TPSA) is 79.7 Å². The van der Waals surface area contributed by atoms with Crippen LogP contribution in [0.1, 0.15) is 11.7 Å². The number of nitro groups is 1. The van der Waals surface area contributed by atoms with Gasteiger partial charge in [0.25, 0.3) is 5.69 Å². The van der Waals surface area contributed by atoms with E-state index in [4.69, 9.17) is 4.74 Å².